The molecular formula is C21H20N4O4. The van der Waals surface area contributed by atoms with Crippen LogP contribution in [-0.4, -0.2) is 21.2 Å². The first-order valence-electron chi connectivity index (χ1n) is 9.11. The smallest absolute Gasteiger partial charge is 0.306 e. The molecule has 3 rings (SSSR count). The number of hydrogen-bond donors (Lipinski definition) is 1. The van der Waals surface area contributed by atoms with Crippen LogP contribution < -0.4 is 5.56 Å². The fraction of sp³-hybridized carbons (Fsp3) is 0.286. The van der Waals surface area contributed by atoms with E-state index < -0.39 is 17.6 Å². The van der Waals surface area contributed by atoms with Crippen LogP contribution in [0.25, 0.3) is 11.5 Å². The minimum Gasteiger partial charge on any atom is -0.453 e. The van der Waals surface area contributed by atoms with E-state index in [-0.39, 0.29) is 17.9 Å². The van der Waals surface area contributed by atoms with Gasteiger partial charge in [-0.2, -0.15) is 5.26 Å². The number of nitriles is 1. The van der Waals surface area contributed by atoms with Crippen LogP contribution in [0.2, 0.25) is 0 Å². The average Bonchev–Trinajstić information content (AvgIpc) is 3.19. The van der Waals surface area contributed by atoms with E-state index in [0.29, 0.717) is 23.6 Å². The quantitative estimate of drug-likeness (QED) is 0.639. The Morgan fingerprint density at radius 3 is 2.69 bits per heavy atom. The molecule has 0 radical (unpaired) electrons. The van der Waals surface area contributed by atoms with Gasteiger partial charge in [-0.15, -0.1) is 10.2 Å². The van der Waals surface area contributed by atoms with Crippen molar-refractivity contribution in [3.05, 3.63) is 69.0 Å². The molecule has 3 aromatic rings. The number of nitrogens with one attached hydrogen (secondary N) is 1. The number of rotatable bonds is 6. The van der Waals surface area contributed by atoms with Crippen molar-refractivity contribution in [2.24, 2.45) is 0 Å². The van der Waals surface area contributed by atoms with E-state index in [1.54, 1.807) is 20.8 Å². The number of carbonyl (C=O) groups is 1. The number of aromatic nitrogens is 3. The molecule has 1 atom stereocenters. The lowest BCUT2D eigenvalue weighted by Crippen LogP contribution is -2.17. The first-order valence-corrected chi connectivity index (χ1v) is 9.11. The third-order valence-corrected chi connectivity index (χ3v) is 4.62. The van der Waals surface area contributed by atoms with Gasteiger partial charge in [-0.05, 0) is 50.5 Å². The molecule has 0 saturated heterocycles. The van der Waals surface area contributed by atoms with Crippen LogP contribution in [0.1, 0.15) is 47.7 Å². The summed E-state index contributed by atoms with van der Waals surface area (Å²) in [7, 11) is 0. The summed E-state index contributed by atoms with van der Waals surface area (Å²) in [6.45, 7) is 5.10. The predicted octanol–water partition coefficient (Wildman–Crippen LogP) is 3.15. The van der Waals surface area contributed by atoms with Crippen molar-refractivity contribution < 1.29 is 13.9 Å². The second-order valence-electron chi connectivity index (χ2n) is 6.61. The zero-order valence-electron chi connectivity index (χ0n) is 16.4. The first-order chi connectivity index (χ1) is 13.9. The summed E-state index contributed by atoms with van der Waals surface area (Å²) >= 11 is 0. The summed E-state index contributed by atoms with van der Waals surface area (Å²) in [6.07, 6.45) is -0.268. The van der Waals surface area contributed by atoms with Gasteiger partial charge in [0.1, 0.15) is 11.6 Å². The molecular weight excluding hydrogens is 372 g/mol. The van der Waals surface area contributed by atoms with Gasteiger partial charge >= 0.3 is 5.97 Å². The standard InChI is InChI=1S/C21H20N4O4/c1-12-16(13(2)23-19(27)17(12)11-22)9-10-18(26)28-14(3)20-24-25-21(29-20)15-7-5-4-6-8-15/h4-8,14H,9-10H2,1-3H3,(H,23,27)/t14-/m0/s1. The van der Waals surface area contributed by atoms with Crippen LogP contribution in [-0.2, 0) is 16.0 Å². The number of hydrogen-bond acceptors (Lipinski definition) is 7. The molecule has 1 N–H and O–H groups in total. The molecule has 0 unspecified atom stereocenters. The number of benzene rings is 1. The van der Waals surface area contributed by atoms with Crippen molar-refractivity contribution in [1.82, 2.24) is 15.2 Å². The molecule has 0 spiro atoms. The van der Waals surface area contributed by atoms with Gasteiger partial charge in [-0.3, -0.25) is 9.59 Å². The monoisotopic (exact) mass is 392 g/mol. The normalized spacial score (nSPS) is 11.7. The van der Waals surface area contributed by atoms with Gasteiger partial charge in [0.2, 0.25) is 5.89 Å². The molecule has 0 bridgehead atoms. The fourth-order valence-corrected chi connectivity index (χ4v) is 3.05. The highest BCUT2D eigenvalue weighted by Crippen LogP contribution is 2.23. The SMILES string of the molecule is Cc1[nH]c(=O)c(C#N)c(C)c1CCC(=O)O[C@@H](C)c1nnc(-c2ccccc2)o1. The van der Waals surface area contributed by atoms with Crippen LogP contribution >= 0.6 is 0 Å². The van der Waals surface area contributed by atoms with Crippen molar-refractivity contribution >= 4 is 5.97 Å². The maximum atomic E-state index is 12.3. The molecule has 0 aliphatic heterocycles. The van der Waals surface area contributed by atoms with Crippen LogP contribution in [0.15, 0.2) is 39.5 Å². The van der Waals surface area contributed by atoms with E-state index in [2.05, 4.69) is 15.2 Å². The number of esters is 1. The van der Waals surface area contributed by atoms with Gasteiger partial charge in [0, 0.05) is 17.7 Å². The fourth-order valence-electron chi connectivity index (χ4n) is 3.05. The molecule has 0 amide bonds. The Morgan fingerprint density at radius 2 is 2.00 bits per heavy atom. The highest BCUT2D eigenvalue weighted by atomic mass is 16.6. The van der Waals surface area contributed by atoms with Crippen LogP contribution in [0.3, 0.4) is 0 Å². The lowest BCUT2D eigenvalue weighted by molar-refractivity contribution is -0.149. The van der Waals surface area contributed by atoms with Crippen LogP contribution in [0, 0.1) is 25.2 Å². The summed E-state index contributed by atoms with van der Waals surface area (Å²) in [5, 5.41) is 17.1. The zero-order chi connectivity index (χ0) is 21.0. The Bertz CT molecular complexity index is 1130. The van der Waals surface area contributed by atoms with Gasteiger partial charge in [0.25, 0.3) is 11.4 Å². The molecule has 148 valence electrons. The molecule has 1 aromatic carbocycles. The van der Waals surface area contributed by atoms with E-state index in [1.165, 1.54) is 0 Å². The van der Waals surface area contributed by atoms with Crippen molar-refractivity contribution in [2.45, 2.75) is 39.7 Å². The molecule has 2 aromatic heterocycles. The van der Waals surface area contributed by atoms with Crippen molar-refractivity contribution in [3.8, 4) is 17.5 Å². The van der Waals surface area contributed by atoms with Crippen LogP contribution in [0.4, 0.5) is 0 Å². The minimum atomic E-state index is -0.695. The third-order valence-electron chi connectivity index (χ3n) is 4.62. The largest absolute Gasteiger partial charge is 0.453 e. The molecule has 8 nitrogen and oxygen atoms in total. The van der Waals surface area contributed by atoms with E-state index >= 15 is 0 Å². The predicted molar refractivity (Wildman–Crippen MR) is 104 cm³/mol. The van der Waals surface area contributed by atoms with Crippen molar-refractivity contribution in [2.75, 3.05) is 0 Å². The number of aryl methyl sites for hydroxylation is 1. The number of carbonyl (C=O) groups excluding carboxylic acids is 1. The number of ether oxygens (including phenoxy) is 1. The Morgan fingerprint density at radius 1 is 1.28 bits per heavy atom. The molecule has 29 heavy (non-hydrogen) atoms. The van der Waals surface area contributed by atoms with Gasteiger partial charge < -0.3 is 14.1 Å². The number of pyridine rings is 1. The van der Waals surface area contributed by atoms with E-state index in [4.69, 9.17) is 14.4 Å². The summed E-state index contributed by atoms with van der Waals surface area (Å²) in [5.74, 6) is 0.118. The van der Waals surface area contributed by atoms with Crippen LogP contribution in [0.5, 0.6) is 0 Å². The molecule has 8 heteroatoms. The van der Waals surface area contributed by atoms with Gasteiger partial charge in [0.15, 0.2) is 6.10 Å². The zero-order valence-corrected chi connectivity index (χ0v) is 16.4. The molecule has 0 aliphatic carbocycles. The Kier molecular flexibility index (Phi) is 5.88. The Hall–Kier alpha value is -3.73. The second kappa shape index (κ2) is 8.52. The lowest BCUT2D eigenvalue weighted by Gasteiger charge is -2.12. The molecule has 0 aliphatic rings. The Balaban J connectivity index is 1.64. The van der Waals surface area contributed by atoms with Gasteiger partial charge in [-0.25, -0.2) is 0 Å². The maximum Gasteiger partial charge on any atom is 0.306 e. The number of H-pyrrole nitrogens is 1. The van der Waals surface area contributed by atoms with E-state index in [0.717, 1.165) is 11.1 Å². The summed E-state index contributed by atoms with van der Waals surface area (Å²) in [5.41, 5.74) is 2.40. The Labute approximate surface area is 167 Å². The topological polar surface area (TPSA) is 122 Å². The molecule has 0 saturated carbocycles. The minimum absolute atomic E-state index is 0.0617. The van der Waals surface area contributed by atoms with E-state index in [9.17, 15) is 9.59 Å². The number of nitrogens with zero attached hydrogens (tertiary/aromatic N) is 3. The second-order valence-corrected chi connectivity index (χ2v) is 6.61. The summed E-state index contributed by atoms with van der Waals surface area (Å²) in [4.78, 5) is 26.7. The maximum absolute atomic E-state index is 12.3. The molecule has 2 heterocycles. The summed E-state index contributed by atoms with van der Waals surface area (Å²) in [6, 6.07) is 11.2. The van der Waals surface area contributed by atoms with Gasteiger partial charge in [-0.1, -0.05) is 18.2 Å². The van der Waals surface area contributed by atoms with Crippen molar-refractivity contribution in [3.63, 3.8) is 0 Å². The van der Waals surface area contributed by atoms with Crippen molar-refractivity contribution in [1.29, 1.82) is 5.26 Å². The number of aromatic amines is 1. The lowest BCUT2D eigenvalue weighted by atomic mass is 9.99. The first kappa shape index (κ1) is 20.0. The average molecular weight is 392 g/mol. The van der Waals surface area contributed by atoms with Gasteiger partial charge in [0.05, 0.1) is 0 Å². The highest BCUT2D eigenvalue weighted by molar-refractivity contribution is 5.70. The highest BCUT2D eigenvalue weighted by Gasteiger charge is 2.20. The molecule has 0 fully saturated rings. The summed E-state index contributed by atoms with van der Waals surface area (Å²) < 4.78 is 11.0. The van der Waals surface area contributed by atoms with E-state index in [1.807, 2.05) is 36.4 Å². The third kappa shape index (κ3) is 4.41.